The number of rotatable bonds is 17. The van der Waals surface area contributed by atoms with E-state index in [1.165, 1.54) is 11.3 Å². The predicted molar refractivity (Wildman–Crippen MR) is 291 cm³/mol. The van der Waals surface area contributed by atoms with Crippen molar-refractivity contribution in [2.45, 2.75) is 95.5 Å². The lowest BCUT2D eigenvalue weighted by Gasteiger charge is -2.45. The molecule has 15 nitrogen and oxygen atoms in total. The fraction of sp³-hybridized carbons (Fsp3) is 0.418. The molecule has 3 N–H and O–H groups in total. The molecule has 4 amide bonds. The molecule has 0 aliphatic carbocycles. The van der Waals surface area contributed by atoms with Crippen molar-refractivity contribution in [2.75, 3.05) is 69.1 Å². The van der Waals surface area contributed by atoms with Crippen LogP contribution in [0.15, 0.2) is 78.9 Å². The summed E-state index contributed by atoms with van der Waals surface area (Å²) in [7, 11) is 3.51. The molecule has 0 radical (unpaired) electrons. The van der Waals surface area contributed by atoms with Gasteiger partial charge in [0.25, 0.3) is 0 Å². The number of amides is 4. The Morgan fingerprint density at radius 1 is 0.945 bits per heavy atom. The number of urea groups is 1. The van der Waals surface area contributed by atoms with Crippen molar-refractivity contribution < 1.29 is 43.0 Å². The first-order valence-electron chi connectivity index (χ1n) is 24.7. The number of likely N-dealkylation sites (tertiary alicyclic amines) is 1. The van der Waals surface area contributed by atoms with Crippen LogP contribution in [0.2, 0.25) is 5.02 Å². The van der Waals surface area contributed by atoms with Gasteiger partial charge in [-0.05, 0) is 118 Å². The minimum atomic E-state index is -0.548. The molecule has 1 aromatic heterocycles. The first-order chi connectivity index (χ1) is 35.2. The lowest BCUT2D eigenvalue weighted by atomic mass is 9.85. The molecule has 2 unspecified atom stereocenters. The van der Waals surface area contributed by atoms with Crippen LogP contribution in [-0.2, 0) is 29.6 Å². The molecule has 0 bridgehead atoms. The third-order valence-electron chi connectivity index (χ3n) is 13.5. The van der Waals surface area contributed by atoms with Crippen molar-refractivity contribution in [1.82, 2.24) is 14.5 Å². The predicted octanol–water partition coefficient (Wildman–Crippen LogP) is 10.6. The Morgan fingerprint density at radius 3 is 2.38 bits per heavy atom. The number of anilines is 3. The number of benzene rings is 4. The SMILES string of the molecule is CCOC.CCOC(=O)c1sc(-c2cccc(NC3CCN(SCc4cccc(NC(=O)N5CCC(c6ccc(N(C)C7CCC(=O)NC7=O)c7c(C=O)cccc67)CC5)c4)C(C)(C)C3)c2)c(Cl)c1OCC=O. The summed E-state index contributed by atoms with van der Waals surface area (Å²) >= 11 is 9.72. The summed E-state index contributed by atoms with van der Waals surface area (Å²) < 4.78 is 17.8. The molecule has 8 rings (SSSR count). The number of carbonyl (C=O) groups excluding carboxylic acids is 6. The van der Waals surface area contributed by atoms with Gasteiger partial charge in [0.15, 0.2) is 23.2 Å². The lowest BCUT2D eigenvalue weighted by molar-refractivity contribution is -0.134. The van der Waals surface area contributed by atoms with Gasteiger partial charge in [-0.3, -0.25) is 24.5 Å². The Balaban J connectivity index is 0.00000188. The van der Waals surface area contributed by atoms with Gasteiger partial charge in [-0.1, -0.05) is 72.1 Å². The van der Waals surface area contributed by atoms with Gasteiger partial charge in [-0.2, -0.15) is 0 Å². The maximum absolute atomic E-state index is 13.6. The number of esters is 1. The third kappa shape index (κ3) is 13.2. The van der Waals surface area contributed by atoms with E-state index in [1.54, 1.807) is 32.0 Å². The van der Waals surface area contributed by atoms with Gasteiger partial charge in [-0.25, -0.2) is 13.9 Å². The van der Waals surface area contributed by atoms with Gasteiger partial charge in [-0.15, -0.1) is 11.3 Å². The minimum absolute atomic E-state index is 0.121. The average Bonchev–Trinajstić information content (AvgIpc) is 3.72. The van der Waals surface area contributed by atoms with Gasteiger partial charge in [0.2, 0.25) is 11.8 Å². The summed E-state index contributed by atoms with van der Waals surface area (Å²) in [4.78, 5) is 79.0. The van der Waals surface area contributed by atoms with E-state index in [9.17, 15) is 28.8 Å². The van der Waals surface area contributed by atoms with Crippen LogP contribution in [-0.4, -0.2) is 117 Å². The second kappa shape index (κ2) is 25.3. The third-order valence-corrected chi connectivity index (χ3v) is 16.6. The number of likely N-dealkylation sites (N-methyl/N-ethyl adjacent to an activating group) is 1. The number of ether oxygens (including phenoxy) is 3. The van der Waals surface area contributed by atoms with Crippen LogP contribution in [0.3, 0.4) is 0 Å². The summed E-state index contributed by atoms with van der Waals surface area (Å²) in [6, 6.07) is 25.2. The van der Waals surface area contributed by atoms with Gasteiger partial charge >= 0.3 is 12.0 Å². The van der Waals surface area contributed by atoms with E-state index in [-0.39, 0.29) is 70.6 Å². The number of methoxy groups -OCH3 is 1. The van der Waals surface area contributed by atoms with Gasteiger partial charge in [0.05, 0.1) is 11.5 Å². The number of thiophene rings is 1. The molecule has 2 atom stereocenters. The van der Waals surface area contributed by atoms with Crippen molar-refractivity contribution >= 4 is 99.1 Å². The lowest BCUT2D eigenvalue weighted by Crippen LogP contribution is -2.51. The molecule has 3 aliphatic heterocycles. The maximum atomic E-state index is 13.6. The highest BCUT2D eigenvalue weighted by Crippen LogP contribution is 2.47. The summed E-state index contributed by atoms with van der Waals surface area (Å²) in [5.74, 6) is -0.0935. The van der Waals surface area contributed by atoms with Crippen molar-refractivity contribution in [3.05, 3.63) is 105 Å². The van der Waals surface area contributed by atoms with Gasteiger partial charge in [0, 0.05) is 92.2 Å². The first-order valence-corrected chi connectivity index (χ1v) is 26.9. The van der Waals surface area contributed by atoms with E-state index >= 15 is 0 Å². The number of piperidine rings is 3. The zero-order valence-electron chi connectivity index (χ0n) is 42.3. The van der Waals surface area contributed by atoms with E-state index in [0.717, 1.165) is 95.4 Å². The van der Waals surface area contributed by atoms with Crippen molar-refractivity contribution in [2.24, 2.45) is 0 Å². The zero-order valence-corrected chi connectivity index (χ0v) is 44.7. The van der Waals surface area contributed by atoms with Gasteiger partial charge in [0.1, 0.15) is 17.7 Å². The molecule has 3 saturated heterocycles. The summed E-state index contributed by atoms with van der Waals surface area (Å²) in [6.07, 6.45) is 5.45. The number of nitrogens with one attached hydrogen (secondary N) is 3. The van der Waals surface area contributed by atoms with Crippen molar-refractivity contribution in [3.63, 3.8) is 0 Å². The fourth-order valence-electron chi connectivity index (χ4n) is 9.78. The Morgan fingerprint density at radius 2 is 1.68 bits per heavy atom. The second-order valence-electron chi connectivity index (χ2n) is 18.8. The van der Waals surface area contributed by atoms with Crippen LogP contribution >= 0.6 is 34.9 Å². The quantitative estimate of drug-likeness (QED) is 0.0347. The van der Waals surface area contributed by atoms with E-state index in [1.807, 2.05) is 84.4 Å². The fourth-order valence-corrected chi connectivity index (χ4v) is 12.4. The number of carbonyl (C=O) groups is 6. The number of imide groups is 1. The molecule has 73 heavy (non-hydrogen) atoms. The Hall–Kier alpha value is -5.98. The topological polar surface area (TPSA) is 176 Å². The summed E-state index contributed by atoms with van der Waals surface area (Å²) in [5.41, 5.74) is 5.90. The van der Waals surface area contributed by atoms with Crippen LogP contribution in [0.4, 0.5) is 21.9 Å². The molecule has 18 heteroatoms. The number of aldehydes is 2. The van der Waals surface area contributed by atoms with Crippen molar-refractivity contribution in [1.29, 1.82) is 0 Å². The van der Waals surface area contributed by atoms with Gasteiger partial charge < -0.3 is 34.6 Å². The van der Waals surface area contributed by atoms with E-state index < -0.39 is 12.0 Å². The average molecular weight is 1050 g/mol. The second-order valence-corrected chi connectivity index (χ2v) is 21.2. The number of halogens is 1. The molecule has 5 aromatic rings. The maximum Gasteiger partial charge on any atom is 0.352 e. The number of hydrogen-bond donors (Lipinski definition) is 3. The zero-order chi connectivity index (χ0) is 52.2. The normalized spacial score (nSPS) is 18.0. The van der Waals surface area contributed by atoms with E-state index in [0.29, 0.717) is 36.2 Å². The Labute approximate surface area is 440 Å². The highest BCUT2D eigenvalue weighted by Gasteiger charge is 2.36. The summed E-state index contributed by atoms with van der Waals surface area (Å²) in [5, 5.41) is 11.3. The number of nitrogens with zero attached hydrogens (tertiary/aromatic N) is 3. The number of fused-ring (bicyclic) bond motifs is 1. The highest BCUT2D eigenvalue weighted by molar-refractivity contribution is 7.96. The van der Waals surface area contributed by atoms with Crippen LogP contribution in [0.25, 0.3) is 21.2 Å². The van der Waals surface area contributed by atoms with Crippen LogP contribution in [0.1, 0.15) is 103 Å². The monoisotopic (exact) mass is 1050 g/mol. The first kappa shape index (κ1) is 54.8. The van der Waals surface area contributed by atoms with Crippen LogP contribution in [0, 0.1) is 0 Å². The molecule has 4 heterocycles. The largest absolute Gasteiger partial charge is 0.483 e. The van der Waals surface area contributed by atoms with Crippen molar-refractivity contribution in [3.8, 4) is 16.2 Å². The standard InChI is InChI=1S/C52H57ClN6O8S2.C3H8O/c1-5-66-50(64)48-46(67-26-25-60)45(53)47(69-48)34-10-7-13-37(28-34)54-38-21-24-59(52(2,3)29-38)68-31-32-9-6-12-36(27-32)55-51(65)58-22-19-33(20-23-58)39-15-16-41(44-35(30-61)11-8-14-40(39)44)57(4)42-17-18-43(62)56-49(42)63;1-3-4-2/h6-16,25,27-28,30,33,38,42,54H,5,17-24,26,29,31H2,1-4H3,(H,55,65)(H,56,62,63);3H2,1-2H3. The van der Waals surface area contributed by atoms with E-state index in [4.69, 9.17) is 21.1 Å². The molecule has 3 fully saturated rings. The smallest absolute Gasteiger partial charge is 0.352 e. The molecule has 388 valence electrons. The molecule has 0 saturated carbocycles. The molecular weight excluding hydrogens is 988 g/mol. The minimum Gasteiger partial charge on any atom is -0.483 e. The number of hydrogen-bond acceptors (Lipinski definition) is 14. The van der Waals surface area contributed by atoms with Crippen LogP contribution < -0.4 is 25.6 Å². The molecule has 4 aromatic carbocycles. The Kier molecular flexibility index (Phi) is 19.0. The molecule has 3 aliphatic rings. The highest BCUT2D eigenvalue weighted by atomic mass is 35.5. The van der Waals surface area contributed by atoms with Crippen LogP contribution in [0.5, 0.6) is 5.75 Å². The summed E-state index contributed by atoms with van der Waals surface area (Å²) in [6.45, 7) is 11.0. The molecular formula is C55H65ClN6O9S2. The Bertz CT molecular complexity index is 2790. The van der Waals surface area contributed by atoms with E-state index in [2.05, 4.69) is 51.0 Å². The molecule has 0 spiro atoms.